The van der Waals surface area contributed by atoms with Gasteiger partial charge in [-0.1, -0.05) is 30.3 Å². The molecule has 0 saturated carbocycles. The lowest BCUT2D eigenvalue weighted by Crippen LogP contribution is -2.51. The van der Waals surface area contributed by atoms with Gasteiger partial charge in [0, 0.05) is 28.2 Å². The monoisotopic (exact) mass is 447 g/mol. The molecule has 1 spiro atoms. The first-order valence-electron chi connectivity index (χ1n) is 10.8. The standard InChI is InChI=1S/C25H25N3O3S/c1-16-12-21(17(2)27(16)14-20-8-5-11-32-20)22(29)15-28-23(30)25(26-24(28)31)10-9-18-6-3-4-7-19(18)13-25/h3-8,11-12H,9-10,13-15H2,1-2H3,(H,26,31)/t25-/m1/s1. The molecule has 1 aliphatic carbocycles. The first-order valence-corrected chi connectivity index (χ1v) is 11.7. The molecule has 5 rings (SSSR count). The first kappa shape index (κ1) is 20.7. The van der Waals surface area contributed by atoms with E-state index in [1.165, 1.54) is 10.4 Å². The number of urea groups is 1. The summed E-state index contributed by atoms with van der Waals surface area (Å²) in [6.07, 6.45) is 1.75. The molecule has 2 aromatic heterocycles. The Hall–Kier alpha value is -3.19. The van der Waals surface area contributed by atoms with Crippen molar-refractivity contribution >= 4 is 29.1 Å². The number of amides is 3. The number of benzene rings is 1. The zero-order valence-electron chi connectivity index (χ0n) is 18.2. The van der Waals surface area contributed by atoms with Crippen LogP contribution in [0, 0.1) is 13.8 Å². The Morgan fingerprint density at radius 3 is 2.66 bits per heavy atom. The minimum atomic E-state index is -0.943. The second-order valence-electron chi connectivity index (χ2n) is 8.72. The van der Waals surface area contributed by atoms with Crippen molar-refractivity contribution in [1.82, 2.24) is 14.8 Å². The van der Waals surface area contributed by atoms with Crippen LogP contribution in [0.5, 0.6) is 0 Å². The summed E-state index contributed by atoms with van der Waals surface area (Å²) in [4.78, 5) is 41.5. The number of Topliss-reactive ketones (excluding diaryl/α,β-unsaturated/α-hetero) is 1. The second kappa shape index (κ2) is 7.74. The summed E-state index contributed by atoms with van der Waals surface area (Å²) in [6, 6.07) is 13.5. The number of imide groups is 1. The smallest absolute Gasteiger partial charge is 0.325 e. The van der Waals surface area contributed by atoms with Gasteiger partial charge in [0.1, 0.15) is 5.54 Å². The fourth-order valence-corrected chi connectivity index (χ4v) is 5.65. The molecule has 0 radical (unpaired) electrons. The van der Waals surface area contributed by atoms with Gasteiger partial charge in [-0.3, -0.25) is 14.5 Å². The zero-order valence-corrected chi connectivity index (χ0v) is 19.0. The van der Waals surface area contributed by atoms with Crippen LogP contribution in [-0.4, -0.2) is 39.3 Å². The van der Waals surface area contributed by atoms with Gasteiger partial charge in [0.15, 0.2) is 5.78 Å². The minimum Gasteiger partial charge on any atom is -0.343 e. The maximum absolute atomic E-state index is 13.3. The fraction of sp³-hybridized carbons (Fsp3) is 0.320. The van der Waals surface area contributed by atoms with Crippen LogP contribution in [0.15, 0.2) is 47.8 Å². The number of nitrogens with one attached hydrogen (secondary N) is 1. The Morgan fingerprint density at radius 2 is 1.91 bits per heavy atom. The highest BCUT2D eigenvalue weighted by Gasteiger charge is 2.52. The van der Waals surface area contributed by atoms with E-state index in [0.29, 0.717) is 24.9 Å². The van der Waals surface area contributed by atoms with E-state index >= 15 is 0 Å². The van der Waals surface area contributed by atoms with Crippen LogP contribution in [0.4, 0.5) is 4.79 Å². The number of fused-ring (bicyclic) bond motifs is 1. The molecule has 6 nitrogen and oxygen atoms in total. The molecule has 1 N–H and O–H groups in total. The second-order valence-corrected chi connectivity index (χ2v) is 9.75. The highest BCUT2D eigenvalue weighted by Crippen LogP contribution is 2.33. The van der Waals surface area contributed by atoms with Gasteiger partial charge < -0.3 is 9.88 Å². The molecule has 3 heterocycles. The number of thiophene rings is 1. The molecule has 1 saturated heterocycles. The molecule has 1 aromatic carbocycles. The summed E-state index contributed by atoms with van der Waals surface area (Å²) in [5, 5.41) is 4.94. The average Bonchev–Trinajstić information content (AvgIpc) is 3.45. The quantitative estimate of drug-likeness (QED) is 0.477. The number of rotatable bonds is 5. The predicted molar refractivity (Wildman–Crippen MR) is 123 cm³/mol. The zero-order chi connectivity index (χ0) is 22.5. The third-order valence-corrected chi connectivity index (χ3v) is 7.61. The van der Waals surface area contributed by atoms with Gasteiger partial charge in [-0.25, -0.2) is 4.79 Å². The summed E-state index contributed by atoms with van der Waals surface area (Å²) in [5.74, 6) is -0.509. The number of carbonyl (C=O) groups excluding carboxylic acids is 3. The van der Waals surface area contributed by atoms with Crippen LogP contribution in [0.2, 0.25) is 0 Å². The summed E-state index contributed by atoms with van der Waals surface area (Å²) in [5.41, 5.74) is 3.76. The van der Waals surface area contributed by atoms with Crippen LogP contribution < -0.4 is 5.32 Å². The highest BCUT2D eigenvalue weighted by atomic mass is 32.1. The van der Waals surface area contributed by atoms with E-state index in [-0.39, 0.29) is 18.2 Å². The lowest BCUT2D eigenvalue weighted by Gasteiger charge is -2.32. The normalized spacial score (nSPS) is 20.0. The number of nitrogens with zero attached hydrogens (tertiary/aromatic N) is 2. The van der Waals surface area contributed by atoms with Crippen LogP contribution in [-0.2, 0) is 24.2 Å². The molecule has 3 aromatic rings. The van der Waals surface area contributed by atoms with E-state index in [2.05, 4.69) is 22.0 Å². The molecule has 1 aliphatic heterocycles. The molecule has 32 heavy (non-hydrogen) atoms. The van der Waals surface area contributed by atoms with Crippen LogP contribution in [0.25, 0.3) is 0 Å². The van der Waals surface area contributed by atoms with Crippen molar-refractivity contribution in [2.24, 2.45) is 0 Å². The highest BCUT2D eigenvalue weighted by molar-refractivity contribution is 7.09. The molecular weight excluding hydrogens is 422 g/mol. The Labute approximate surface area is 190 Å². The predicted octanol–water partition coefficient (Wildman–Crippen LogP) is 3.88. The van der Waals surface area contributed by atoms with Gasteiger partial charge >= 0.3 is 6.03 Å². The van der Waals surface area contributed by atoms with Gasteiger partial charge in [-0.05, 0) is 55.3 Å². The van der Waals surface area contributed by atoms with Crippen molar-refractivity contribution in [1.29, 1.82) is 0 Å². The first-order chi connectivity index (χ1) is 15.4. The summed E-state index contributed by atoms with van der Waals surface area (Å²) in [7, 11) is 0. The lowest BCUT2D eigenvalue weighted by atomic mass is 9.78. The SMILES string of the molecule is Cc1cc(C(=O)CN2C(=O)N[C@@]3(CCc4ccccc4C3)C2=O)c(C)n1Cc1cccs1. The van der Waals surface area contributed by atoms with Gasteiger partial charge in [0.25, 0.3) is 5.91 Å². The molecule has 164 valence electrons. The third-order valence-electron chi connectivity index (χ3n) is 6.75. The van der Waals surface area contributed by atoms with E-state index in [0.717, 1.165) is 28.3 Å². The van der Waals surface area contributed by atoms with E-state index in [4.69, 9.17) is 0 Å². The third kappa shape index (κ3) is 3.37. The number of carbonyl (C=O) groups is 3. The molecule has 3 amide bonds. The van der Waals surface area contributed by atoms with Gasteiger partial charge in [0.05, 0.1) is 13.1 Å². The van der Waals surface area contributed by atoms with E-state index in [1.54, 1.807) is 11.3 Å². The van der Waals surface area contributed by atoms with Crippen LogP contribution in [0.1, 0.15) is 44.2 Å². The maximum Gasteiger partial charge on any atom is 0.325 e. The Bertz CT molecular complexity index is 1230. The summed E-state index contributed by atoms with van der Waals surface area (Å²) in [6.45, 7) is 4.35. The van der Waals surface area contributed by atoms with Crippen molar-refractivity contribution in [2.45, 2.75) is 45.2 Å². The number of ketones is 1. The van der Waals surface area contributed by atoms with Crippen molar-refractivity contribution in [3.63, 3.8) is 0 Å². The Balaban J connectivity index is 1.35. The molecular formula is C25H25N3O3S. The average molecular weight is 448 g/mol. The van der Waals surface area contributed by atoms with Gasteiger partial charge in [-0.2, -0.15) is 0 Å². The topological polar surface area (TPSA) is 71.4 Å². The molecule has 7 heteroatoms. The number of aryl methyl sites for hydroxylation is 2. The molecule has 2 aliphatic rings. The molecule has 0 bridgehead atoms. The van der Waals surface area contributed by atoms with Crippen LogP contribution >= 0.6 is 11.3 Å². The van der Waals surface area contributed by atoms with Crippen molar-refractivity contribution < 1.29 is 14.4 Å². The van der Waals surface area contributed by atoms with Crippen molar-refractivity contribution in [2.75, 3.05) is 6.54 Å². The number of aromatic nitrogens is 1. The van der Waals surface area contributed by atoms with E-state index in [9.17, 15) is 14.4 Å². The van der Waals surface area contributed by atoms with Gasteiger partial charge in [0.2, 0.25) is 0 Å². The maximum atomic E-state index is 13.3. The Morgan fingerprint density at radius 1 is 1.12 bits per heavy atom. The largest absolute Gasteiger partial charge is 0.343 e. The molecule has 1 atom stereocenters. The summed E-state index contributed by atoms with van der Waals surface area (Å²) >= 11 is 1.68. The van der Waals surface area contributed by atoms with Crippen LogP contribution in [0.3, 0.4) is 0 Å². The van der Waals surface area contributed by atoms with Crippen molar-refractivity contribution in [3.05, 3.63) is 80.8 Å². The van der Waals surface area contributed by atoms with Crippen molar-refractivity contribution in [3.8, 4) is 0 Å². The lowest BCUT2D eigenvalue weighted by molar-refractivity contribution is -0.131. The molecule has 1 fully saturated rings. The van der Waals surface area contributed by atoms with E-state index in [1.807, 2.05) is 49.6 Å². The Kier molecular flexibility index (Phi) is 5.01. The van der Waals surface area contributed by atoms with E-state index < -0.39 is 11.6 Å². The molecule has 0 unspecified atom stereocenters. The van der Waals surface area contributed by atoms with Gasteiger partial charge in [-0.15, -0.1) is 11.3 Å². The minimum absolute atomic E-state index is 0.215. The number of hydrogen-bond donors (Lipinski definition) is 1. The summed E-state index contributed by atoms with van der Waals surface area (Å²) < 4.78 is 2.10. The number of hydrogen-bond acceptors (Lipinski definition) is 4. The fourth-order valence-electron chi connectivity index (χ4n) is 4.96.